The van der Waals surface area contributed by atoms with Crippen LogP contribution in [-0.2, 0) is 25.8 Å². The number of nitrogens with zero attached hydrogens (tertiary/aromatic N) is 1. The molecule has 0 bridgehead atoms. The Bertz CT molecular complexity index is 1130. The highest BCUT2D eigenvalue weighted by Crippen LogP contribution is 2.36. The number of carbonyl (C=O) groups excluding carboxylic acids is 2. The van der Waals surface area contributed by atoms with Crippen molar-refractivity contribution in [1.82, 2.24) is 15.5 Å². The Balaban J connectivity index is 1.58. The minimum absolute atomic E-state index is 0.0639. The van der Waals surface area contributed by atoms with Gasteiger partial charge in [0.1, 0.15) is 11.9 Å². The van der Waals surface area contributed by atoms with E-state index in [1.807, 2.05) is 13.8 Å². The number of sulfone groups is 1. The van der Waals surface area contributed by atoms with Gasteiger partial charge in [0.25, 0.3) is 0 Å². The molecule has 3 rings (SSSR count). The first-order valence-corrected chi connectivity index (χ1v) is 13.2. The van der Waals surface area contributed by atoms with E-state index in [4.69, 9.17) is 9.47 Å². The third-order valence-corrected chi connectivity index (χ3v) is 7.16. The summed E-state index contributed by atoms with van der Waals surface area (Å²) in [6, 6.07) is 6.35. The number of aromatic amines is 1. The van der Waals surface area contributed by atoms with Gasteiger partial charge in [0.05, 0.1) is 18.4 Å². The van der Waals surface area contributed by atoms with Crippen LogP contribution in [-0.4, -0.2) is 56.1 Å². The lowest BCUT2D eigenvalue weighted by Crippen LogP contribution is -2.34. The van der Waals surface area contributed by atoms with Crippen molar-refractivity contribution in [1.29, 1.82) is 0 Å². The van der Waals surface area contributed by atoms with Gasteiger partial charge in [-0.15, -0.1) is 0 Å². The number of carbonyl (C=O) groups is 2. The van der Waals surface area contributed by atoms with Gasteiger partial charge in [-0.3, -0.25) is 9.89 Å². The number of hydrogen-bond acceptors (Lipinski definition) is 7. The molecule has 1 aromatic heterocycles. The molecular formula is C23H32N4O6S. The largest absolute Gasteiger partial charge is 0.497 e. The standard InChI is InChI=1S/C23H32N4O6S/c1-5-14(2)24-23(29)33-18-7-6-15(10-18)19-13-21(27-26-19)25-22(28)12-16-11-17(32-3)8-9-20(16)34(4,30)31/h8-9,11,13-15,18H,5-7,10,12H2,1-4H3,(H,24,29)(H2,25,26,27,28)/t14-,15-,18+/m0/s1. The number of anilines is 1. The predicted octanol–water partition coefficient (Wildman–Crippen LogP) is 3.16. The van der Waals surface area contributed by atoms with Gasteiger partial charge in [0.15, 0.2) is 15.7 Å². The number of H-pyrrole nitrogens is 1. The second-order valence-electron chi connectivity index (χ2n) is 8.67. The van der Waals surface area contributed by atoms with E-state index in [1.165, 1.54) is 13.2 Å². The smallest absolute Gasteiger partial charge is 0.407 e. The van der Waals surface area contributed by atoms with Crippen LogP contribution in [0.2, 0.25) is 0 Å². The molecule has 1 aliphatic carbocycles. The summed E-state index contributed by atoms with van der Waals surface area (Å²) < 4.78 is 34.8. The van der Waals surface area contributed by atoms with E-state index < -0.39 is 21.8 Å². The van der Waals surface area contributed by atoms with E-state index in [9.17, 15) is 18.0 Å². The predicted molar refractivity (Wildman–Crippen MR) is 127 cm³/mol. The molecule has 1 fully saturated rings. The van der Waals surface area contributed by atoms with Crippen molar-refractivity contribution in [3.05, 3.63) is 35.5 Å². The number of benzene rings is 1. The molecule has 10 nitrogen and oxygen atoms in total. The molecule has 0 saturated heterocycles. The lowest BCUT2D eigenvalue weighted by molar-refractivity contribution is -0.115. The molecule has 0 radical (unpaired) electrons. The van der Waals surface area contributed by atoms with Crippen LogP contribution in [0.5, 0.6) is 5.75 Å². The lowest BCUT2D eigenvalue weighted by atomic mass is 10.0. The second-order valence-corrected chi connectivity index (χ2v) is 10.7. The monoisotopic (exact) mass is 492 g/mol. The van der Waals surface area contributed by atoms with E-state index in [0.717, 1.165) is 31.2 Å². The Morgan fingerprint density at radius 2 is 2.03 bits per heavy atom. The molecule has 1 heterocycles. The molecule has 0 unspecified atom stereocenters. The molecule has 11 heteroatoms. The number of rotatable bonds is 9. The molecule has 0 spiro atoms. The van der Waals surface area contributed by atoms with Gasteiger partial charge in [-0.2, -0.15) is 5.10 Å². The van der Waals surface area contributed by atoms with Crippen LogP contribution in [0.3, 0.4) is 0 Å². The third kappa shape index (κ3) is 6.72. The summed E-state index contributed by atoms with van der Waals surface area (Å²) in [5.74, 6) is 0.552. The van der Waals surface area contributed by atoms with Gasteiger partial charge in [-0.05, 0) is 56.4 Å². The van der Waals surface area contributed by atoms with Crippen molar-refractivity contribution in [2.45, 2.75) is 68.9 Å². The quantitative estimate of drug-likeness (QED) is 0.488. The van der Waals surface area contributed by atoms with Crippen LogP contribution < -0.4 is 15.4 Å². The van der Waals surface area contributed by atoms with E-state index in [-0.39, 0.29) is 29.4 Å². The molecule has 1 saturated carbocycles. The number of hydrogen-bond donors (Lipinski definition) is 3. The molecule has 34 heavy (non-hydrogen) atoms. The number of nitrogens with one attached hydrogen (secondary N) is 3. The van der Waals surface area contributed by atoms with Gasteiger partial charge in [0, 0.05) is 30.0 Å². The molecule has 186 valence electrons. The molecule has 1 aliphatic rings. The van der Waals surface area contributed by atoms with Gasteiger partial charge in [0.2, 0.25) is 5.91 Å². The van der Waals surface area contributed by atoms with Crippen molar-refractivity contribution in [2.24, 2.45) is 0 Å². The van der Waals surface area contributed by atoms with Crippen LogP contribution >= 0.6 is 0 Å². The second kappa shape index (κ2) is 10.9. The normalized spacial score (nSPS) is 18.8. The average molecular weight is 493 g/mol. The highest BCUT2D eigenvalue weighted by molar-refractivity contribution is 7.90. The fourth-order valence-corrected chi connectivity index (χ4v) is 4.89. The van der Waals surface area contributed by atoms with E-state index in [1.54, 1.807) is 18.2 Å². The van der Waals surface area contributed by atoms with E-state index >= 15 is 0 Å². The Morgan fingerprint density at radius 3 is 2.71 bits per heavy atom. The van der Waals surface area contributed by atoms with Gasteiger partial charge in [-0.1, -0.05) is 6.92 Å². The number of amides is 2. The van der Waals surface area contributed by atoms with Crippen molar-refractivity contribution in [2.75, 3.05) is 18.7 Å². The zero-order chi connectivity index (χ0) is 24.9. The number of alkyl carbamates (subject to hydrolysis) is 1. The van der Waals surface area contributed by atoms with Crippen LogP contribution in [0, 0.1) is 0 Å². The molecule has 3 atom stereocenters. The fraction of sp³-hybridized carbons (Fsp3) is 0.522. The van der Waals surface area contributed by atoms with Gasteiger partial charge in [-0.25, -0.2) is 13.2 Å². The number of methoxy groups -OCH3 is 1. The maximum atomic E-state index is 12.6. The average Bonchev–Trinajstić information content (AvgIpc) is 3.42. The van der Waals surface area contributed by atoms with Gasteiger partial charge < -0.3 is 20.1 Å². The van der Waals surface area contributed by atoms with Crippen molar-refractivity contribution < 1.29 is 27.5 Å². The van der Waals surface area contributed by atoms with Crippen LogP contribution in [0.15, 0.2) is 29.2 Å². The summed E-state index contributed by atoms with van der Waals surface area (Å²) in [5.41, 5.74) is 1.20. The topological polar surface area (TPSA) is 139 Å². The molecular weight excluding hydrogens is 460 g/mol. The highest BCUT2D eigenvalue weighted by atomic mass is 32.2. The first-order chi connectivity index (χ1) is 16.1. The summed E-state index contributed by atoms with van der Waals surface area (Å²) in [6.45, 7) is 3.92. The SMILES string of the molecule is CC[C@H](C)NC(=O)O[C@@H]1CC[C@H](c2cc(NC(=O)Cc3cc(OC)ccc3S(C)(=O)=O)n[nH]2)C1. The summed E-state index contributed by atoms with van der Waals surface area (Å²) >= 11 is 0. The van der Waals surface area contributed by atoms with E-state index in [2.05, 4.69) is 20.8 Å². The van der Waals surface area contributed by atoms with Crippen LogP contribution in [0.4, 0.5) is 10.6 Å². The Hall–Kier alpha value is -3.08. The molecule has 0 aliphatic heterocycles. The Labute approximate surface area is 199 Å². The maximum Gasteiger partial charge on any atom is 0.407 e. The zero-order valence-electron chi connectivity index (χ0n) is 19.9. The number of aromatic nitrogens is 2. The first-order valence-electron chi connectivity index (χ1n) is 11.3. The molecule has 2 amide bonds. The summed E-state index contributed by atoms with van der Waals surface area (Å²) in [5, 5.41) is 12.6. The highest BCUT2D eigenvalue weighted by Gasteiger charge is 2.30. The minimum atomic E-state index is -3.50. The maximum absolute atomic E-state index is 12.6. The van der Waals surface area contributed by atoms with Crippen molar-refractivity contribution in [3.8, 4) is 5.75 Å². The van der Waals surface area contributed by atoms with E-state index in [0.29, 0.717) is 23.6 Å². The van der Waals surface area contributed by atoms with Gasteiger partial charge >= 0.3 is 6.09 Å². The Morgan fingerprint density at radius 1 is 1.26 bits per heavy atom. The van der Waals surface area contributed by atoms with Crippen LogP contribution in [0.25, 0.3) is 0 Å². The fourth-order valence-electron chi connectivity index (χ4n) is 3.97. The molecule has 1 aromatic carbocycles. The molecule has 3 N–H and O–H groups in total. The minimum Gasteiger partial charge on any atom is -0.497 e. The summed E-state index contributed by atoms with van der Waals surface area (Å²) in [6.07, 6.45) is 3.47. The lowest BCUT2D eigenvalue weighted by Gasteiger charge is -2.16. The summed E-state index contributed by atoms with van der Waals surface area (Å²) in [7, 11) is -2.03. The van der Waals surface area contributed by atoms with Crippen LogP contribution in [0.1, 0.15) is 56.7 Å². The Kier molecular flexibility index (Phi) is 8.19. The molecule has 2 aromatic rings. The number of ether oxygens (including phenoxy) is 2. The van der Waals surface area contributed by atoms with Crippen molar-refractivity contribution >= 4 is 27.7 Å². The zero-order valence-corrected chi connectivity index (χ0v) is 20.7. The first kappa shape index (κ1) is 25.5. The third-order valence-electron chi connectivity index (χ3n) is 5.96. The van der Waals surface area contributed by atoms with Crippen molar-refractivity contribution in [3.63, 3.8) is 0 Å². The summed E-state index contributed by atoms with van der Waals surface area (Å²) in [4.78, 5) is 24.7.